The van der Waals surface area contributed by atoms with Gasteiger partial charge < -0.3 is 15.7 Å². The van der Waals surface area contributed by atoms with Crippen molar-refractivity contribution in [2.24, 2.45) is 4.99 Å². The van der Waals surface area contributed by atoms with Crippen LogP contribution in [0.15, 0.2) is 41.4 Å². The summed E-state index contributed by atoms with van der Waals surface area (Å²) in [5.41, 5.74) is 2.52. The number of rotatable bonds is 10. The Bertz CT molecular complexity index is 752. The van der Waals surface area contributed by atoms with Gasteiger partial charge in [-0.1, -0.05) is 49.7 Å². The average molecular weight is 551 g/mol. The number of nitrogens with one attached hydrogen (secondary N) is 2. The van der Waals surface area contributed by atoms with Crippen LogP contribution < -0.4 is 10.6 Å². The van der Waals surface area contributed by atoms with Gasteiger partial charge in [-0.2, -0.15) is 0 Å². The molecule has 0 aliphatic heterocycles. The summed E-state index contributed by atoms with van der Waals surface area (Å²) in [6.45, 7) is 11.1. The van der Waals surface area contributed by atoms with Gasteiger partial charge in [-0.05, 0) is 43.3 Å². The van der Waals surface area contributed by atoms with Crippen molar-refractivity contribution in [3.05, 3.63) is 56.7 Å². The van der Waals surface area contributed by atoms with Gasteiger partial charge in [0.15, 0.2) is 5.96 Å². The predicted octanol–water partition coefficient (Wildman–Crippen LogP) is 4.65. The Morgan fingerprint density at radius 1 is 1.10 bits per heavy atom. The second-order valence-electron chi connectivity index (χ2n) is 6.46. The minimum Gasteiger partial charge on any atom is -0.386 e. The van der Waals surface area contributed by atoms with E-state index in [2.05, 4.69) is 53.6 Å². The number of aliphatic imine (C=N–C) groups is 1. The number of aliphatic hydroxyl groups is 1. The Hall–Kier alpha value is -0.870. The van der Waals surface area contributed by atoms with Crippen molar-refractivity contribution < 1.29 is 5.11 Å². The number of hydrogen-bond donors (Lipinski definition) is 3. The molecule has 1 heterocycles. The van der Waals surface area contributed by atoms with Crippen molar-refractivity contribution in [2.75, 3.05) is 26.2 Å². The Labute approximate surface area is 200 Å². The maximum atomic E-state index is 10.3. The third-order valence-electron chi connectivity index (χ3n) is 4.54. The zero-order chi connectivity index (χ0) is 20.4. The normalized spacial score (nSPS) is 12.6. The van der Waals surface area contributed by atoms with Crippen LogP contribution in [0.3, 0.4) is 0 Å². The van der Waals surface area contributed by atoms with Crippen LogP contribution in [-0.4, -0.2) is 42.1 Å². The molecule has 0 bridgehead atoms. The second-order valence-corrected chi connectivity index (χ2v) is 8.21. The van der Waals surface area contributed by atoms with E-state index >= 15 is 0 Å². The van der Waals surface area contributed by atoms with Gasteiger partial charge in [0.2, 0.25) is 0 Å². The number of nitrogens with zero attached hydrogens (tertiary/aromatic N) is 2. The highest BCUT2D eigenvalue weighted by atomic mass is 127. The van der Waals surface area contributed by atoms with Crippen molar-refractivity contribution in [3.63, 3.8) is 0 Å². The summed E-state index contributed by atoms with van der Waals surface area (Å²) in [7, 11) is 0. The summed E-state index contributed by atoms with van der Waals surface area (Å²) in [5.74, 6) is 0.696. The Morgan fingerprint density at radius 3 is 2.38 bits per heavy atom. The van der Waals surface area contributed by atoms with Crippen LogP contribution in [0.2, 0.25) is 4.34 Å². The minimum atomic E-state index is -0.615. The lowest BCUT2D eigenvalue weighted by atomic mass is 10.1. The SMILES string of the molecule is CCNC(=NCc1ccccc1CN(CC)CC)NCC(O)c1ccc(Cl)s1.I. The van der Waals surface area contributed by atoms with Crippen molar-refractivity contribution in [2.45, 2.75) is 40.0 Å². The topological polar surface area (TPSA) is 59.9 Å². The molecule has 5 nitrogen and oxygen atoms in total. The molecule has 8 heteroatoms. The fraction of sp³-hybridized carbons (Fsp3) is 0.476. The molecule has 1 unspecified atom stereocenters. The molecule has 29 heavy (non-hydrogen) atoms. The minimum absolute atomic E-state index is 0. The lowest BCUT2D eigenvalue weighted by Crippen LogP contribution is -2.39. The molecule has 1 atom stereocenters. The van der Waals surface area contributed by atoms with Crippen LogP contribution in [0, 0.1) is 0 Å². The summed E-state index contributed by atoms with van der Waals surface area (Å²) in [4.78, 5) is 7.96. The molecule has 0 radical (unpaired) electrons. The van der Waals surface area contributed by atoms with E-state index in [0.717, 1.165) is 31.1 Å². The molecule has 0 aliphatic carbocycles. The van der Waals surface area contributed by atoms with Gasteiger partial charge in [0, 0.05) is 24.5 Å². The number of halogens is 2. The fourth-order valence-corrected chi connectivity index (χ4v) is 3.91. The molecule has 3 N–H and O–H groups in total. The van der Waals surface area contributed by atoms with Gasteiger partial charge in [-0.25, -0.2) is 4.99 Å². The third kappa shape index (κ3) is 8.80. The Kier molecular flexibility index (Phi) is 12.8. The standard InChI is InChI=1S/C21H31ClN4OS.HI/c1-4-23-21(25-14-18(27)19-11-12-20(22)28-19)24-13-16-9-7-8-10-17(16)15-26(5-2)6-3;/h7-12,18,27H,4-6,13-15H2,1-3H3,(H2,23,24,25);1H. The molecule has 1 aromatic heterocycles. The van der Waals surface area contributed by atoms with E-state index in [4.69, 9.17) is 16.6 Å². The summed E-state index contributed by atoms with van der Waals surface area (Å²) in [5, 5.41) is 16.8. The molecule has 162 valence electrons. The van der Waals surface area contributed by atoms with Crippen LogP contribution in [0.5, 0.6) is 0 Å². The van der Waals surface area contributed by atoms with Crippen LogP contribution in [-0.2, 0) is 13.1 Å². The number of benzene rings is 1. The smallest absolute Gasteiger partial charge is 0.191 e. The van der Waals surface area contributed by atoms with Crippen molar-refractivity contribution in [1.82, 2.24) is 15.5 Å². The molecule has 0 fully saturated rings. The lowest BCUT2D eigenvalue weighted by molar-refractivity contribution is 0.184. The molecular formula is C21H32ClIN4OS. The Balaban J connectivity index is 0.00000420. The highest BCUT2D eigenvalue weighted by Gasteiger charge is 2.11. The van der Waals surface area contributed by atoms with Gasteiger partial charge in [0.25, 0.3) is 0 Å². The zero-order valence-corrected chi connectivity index (χ0v) is 21.2. The molecule has 0 amide bonds. The molecule has 2 rings (SSSR count). The van der Waals surface area contributed by atoms with E-state index in [-0.39, 0.29) is 24.0 Å². The first kappa shape index (κ1) is 26.2. The maximum Gasteiger partial charge on any atom is 0.191 e. The van der Waals surface area contributed by atoms with E-state index in [1.165, 1.54) is 22.5 Å². The van der Waals surface area contributed by atoms with Crippen molar-refractivity contribution in [3.8, 4) is 0 Å². The van der Waals surface area contributed by atoms with Gasteiger partial charge in [0.05, 0.1) is 10.9 Å². The van der Waals surface area contributed by atoms with E-state index in [1.54, 1.807) is 6.07 Å². The van der Waals surface area contributed by atoms with Gasteiger partial charge in [0.1, 0.15) is 6.10 Å². The maximum absolute atomic E-state index is 10.3. The van der Waals surface area contributed by atoms with Gasteiger partial charge in [-0.3, -0.25) is 4.90 Å². The summed E-state index contributed by atoms with van der Waals surface area (Å²) >= 11 is 7.35. The van der Waals surface area contributed by atoms with E-state index in [1.807, 2.05) is 13.0 Å². The van der Waals surface area contributed by atoms with Gasteiger partial charge in [-0.15, -0.1) is 35.3 Å². The summed E-state index contributed by atoms with van der Waals surface area (Å²) < 4.78 is 0.680. The fourth-order valence-electron chi connectivity index (χ4n) is 2.86. The van der Waals surface area contributed by atoms with Crippen LogP contribution in [0.1, 0.15) is 42.9 Å². The van der Waals surface area contributed by atoms with Crippen LogP contribution >= 0.6 is 46.9 Å². The second kappa shape index (κ2) is 14.2. The third-order valence-corrected chi connectivity index (χ3v) is 5.88. The van der Waals surface area contributed by atoms with E-state index in [0.29, 0.717) is 23.4 Å². The molecule has 0 spiro atoms. The molecule has 0 saturated heterocycles. The number of thiophene rings is 1. The van der Waals surface area contributed by atoms with Gasteiger partial charge >= 0.3 is 0 Å². The molecule has 0 saturated carbocycles. The first-order chi connectivity index (χ1) is 13.6. The van der Waals surface area contributed by atoms with Crippen LogP contribution in [0.25, 0.3) is 0 Å². The molecule has 1 aromatic carbocycles. The summed E-state index contributed by atoms with van der Waals surface area (Å²) in [6.07, 6.45) is -0.615. The highest BCUT2D eigenvalue weighted by molar-refractivity contribution is 14.0. The molecule has 2 aromatic rings. The largest absolute Gasteiger partial charge is 0.386 e. The first-order valence-electron chi connectivity index (χ1n) is 9.81. The number of guanidine groups is 1. The average Bonchev–Trinajstić information content (AvgIpc) is 3.15. The zero-order valence-electron chi connectivity index (χ0n) is 17.3. The number of hydrogen-bond acceptors (Lipinski definition) is 4. The lowest BCUT2D eigenvalue weighted by Gasteiger charge is -2.20. The first-order valence-corrected chi connectivity index (χ1v) is 11.0. The van der Waals surface area contributed by atoms with E-state index < -0.39 is 6.10 Å². The number of aliphatic hydroxyl groups excluding tert-OH is 1. The van der Waals surface area contributed by atoms with Crippen LogP contribution in [0.4, 0.5) is 0 Å². The Morgan fingerprint density at radius 2 is 1.79 bits per heavy atom. The molecule has 0 aliphatic rings. The quantitative estimate of drug-likeness (QED) is 0.229. The monoisotopic (exact) mass is 550 g/mol. The van der Waals surface area contributed by atoms with Crippen molar-refractivity contribution in [1.29, 1.82) is 0 Å². The van der Waals surface area contributed by atoms with E-state index in [9.17, 15) is 5.11 Å². The molecular weight excluding hydrogens is 519 g/mol. The van der Waals surface area contributed by atoms with Crippen molar-refractivity contribution >= 4 is 52.9 Å². The summed E-state index contributed by atoms with van der Waals surface area (Å²) in [6, 6.07) is 12.1. The predicted molar refractivity (Wildman–Crippen MR) is 136 cm³/mol. The highest BCUT2D eigenvalue weighted by Crippen LogP contribution is 2.26.